The molecular formula is C13H22O2S. The fourth-order valence-corrected chi connectivity index (χ4v) is 4.84. The van der Waals surface area contributed by atoms with E-state index in [1.807, 2.05) is 11.8 Å². The summed E-state index contributed by atoms with van der Waals surface area (Å²) in [6, 6.07) is 0. The highest BCUT2D eigenvalue weighted by Crippen LogP contribution is 2.39. The Bertz CT molecular complexity index is 236. The maximum absolute atomic E-state index is 11.2. The van der Waals surface area contributed by atoms with Crippen molar-refractivity contribution >= 4 is 17.7 Å². The largest absolute Gasteiger partial charge is 0.481 e. The van der Waals surface area contributed by atoms with E-state index in [2.05, 4.69) is 0 Å². The lowest BCUT2D eigenvalue weighted by Gasteiger charge is -2.32. The smallest absolute Gasteiger partial charge is 0.307 e. The molecule has 2 rings (SSSR count). The van der Waals surface area contributed by atoms with Crippen LogP contribution < -0.4 is 0 Å². The fraction of sp³-hybridized carbons (Fsp3) is 0.923. The molecule has 0 heterocycles. The van der Waals surface area contributed by atoms with E-state index in [0.29, 0.717) is 5.25 Å². The molecule has 0 radical (unpaired) electrons. The Kier molecular flexibility index (Phi) is 4.56. The summed E-state index contributed by atoms with van der Waals surface area (Å²) < 4.78 is 0. The monoisotopic (exact) mass is 242 g/mol. The first-order chi connectivity index (χ1) is 7.77. The lowest BCUT2D eigenvalue weighted by atomic mass is 9.89. The van der Waals surface area contributed by atoms with Gasteiger partial charge in [-0.2, -0.15) is 11.8 Å². The second-order valence-electron chi connectivity index (χ2n) is 5.16. The molecule has 92 valence electrons. The highest BCUT2D eigenvalue weighted by atomic mass is 32.2. The SMILES string of the molecule is O=C(O)C1CCCCC1SC1CCCCC1. The van der Waals surface area contributed by atoms with E-state index < -0.39 is 5.97 Å². The molecule has 0 saturated heterocycles. The first-order valence-electron chi connectivity index (χ1n) is 6.65. The van der Waals surface area contributed by atoms with E-state index in [-0.39, 0.29) is 5.92 Å². The van der Waals surface area contributed by atoms with E-state index in [1.165, 1.54) is 38.5 Å². The highest BCUT2D eigenvalue weighted by molar-refractivity contribution is 8.00. The van der Waals surface area contributed by atoms with Crippen LogP contribution in [-0.4, -0.2) is 21.6 Å². The summed E-state index contributed by atoms with van der Waals surface area (Å²) in [7, 11) is 0. The molecule has 2 nitrogen and oxygen atoms in total. The van der Waals surface area contributed by atoms with Gasteiger partial charge in [0, 0.05) is 10.5 Å². The van der Waals surface area contributed by atoms with Gasteiger partial charge >= 0.3 is 5.97 Å². The number of carbonyl (C=O) groups is 1. The van der Waals surface area contributed by atoms with E-state index in [1.54, 1.807) is 0 Å². The summed E-state index contributed by atoms with van der Waals surface area (Å²) >= 11 is 2.00. The molecule has 0 aromatic rings. The van der Waals surface area contributed by atoms with Crippen molar-refractivity contribution in [3.05, 3.63) is 0 Å². The average molecular weight is 242 g/mol. The molecule has 2 fully saturated rings. The second-order valence-corrected chi connectivity index (χ2v) is 6.71. The maximum Gasteiger partial charge on any atom is 0.307 e. The van der Waals surface area contributed by atoms with Crippen LogP contribution in [-0.2, 0) is 4.79 Å². The predicted octanol–water partition coefficient (Wildman–Crippen LogP) is 3.70. The van der Waals surface area contributed by atoms with Crippen molar-refractivity contribution < 1.29 is 9.90 Å². The number of hydrogen-bond acceptors (Lipinski definition) is 2. The molecule has 0 bridgehead atoms. The minimum Gasteiger partial charge on any atom is -0.481 e. The lowest BCUT2D eigenvalue weighted by Crippen LogP contribution is -2.31. The highest BCUT2D eigenvalue weighted by Gasteiger charge is 2.33. The molecule has 2 atom stereocenters. The van der Waals surface area contributed by atoms with Crippen molar-refractivity contribution in [1.29, 1.82) is 0 Å². The van der Waals surface area contributed by atoms with Crippen LogP contribution in [0.3, 0.4) is 0 Å². The number of carboxylic acid groups (broad SMARTS) is 1. The van der Waals surface area contributed by atoms with Gasteiger partial charge in [0.2, 0.25) is 0 Å². The van der Waals surface area contributed by atoms with Gasteiger partial charge in [-0.3, -0.25) is 4.79 Å². The van der Waals surface area contributed by atoms with Gasteiger partial charge in [0.15, 0.2) is 0 Å². The third-order valence-electron chi connectivity index (χ3n) is 3.94. The fourth-order valence-electron chi connectivity index (χ4n) is 2.99. The van der Waals surface area contributed by atoms with E-state index in [9.17, 15) is 9.90 Å². The molecule has 0 spiro atoms. The first kappa shape index (κ1) is 12.3. The number of rotatable bonds is 3. The predicted molar refractivity (Wildman–Crippen MR) is 67.8 cm³/mol. The Morgan fingerprint density at radius 3 is 2.25 bits per heavy atom. The van der Waals surface area contributed by atoms with Crippen molar-refractivity contribution in [2.45, 2.75) is 68.3 Å². The van der Waals surface area contributed by atoms with Crippen LogP contribution in [0.1, 0.15) is 57.8 Å². The number of aliphatic carboxylic acids is 1. The molecule has 0 aliphatic heterocycles. The van der Waals surface area contributed by atoms with E-state index in [0.717, 1.165) is 24.5 Å². The quantitative estimate of drug-likeness (QED) is 0.820. The standard InChI is InChI=1S/C13H22O2S/c14-13(15)11-8-4-5-9-12(11)16-10-6-2-1-3-7-10/h10-12H,1-9H2,(H,14,15). The Morgan fingerprint density at radius 2 is 1.56 bits per heavy atom. The summed E-state index contributed by atoms with van der Waals surface area (Å²) in [6.07, 6.45) is 11.1. The molecular weight excluding hydrogens is 220 g/mol. The molecule has 2 saturated carbocycles. The van der Waals surface area contributed by atoms with Crippen molar-refractivity contribution in [2.75, 3.05) is 0 Å². The third-order valence-corrected chi connectivity index (χ3v) is 5.71. The van der Waals surface area contributed by atoms with Crippen LogP contribution in [0.25, 0.3) is 0 Å². The molecule has 2 aliphatic rings. The van der Waals surface area contributed by atoms with Crippen LogP contribution in [0.2, 0.25) is 0 Å². The second kappa shape index (κ2) is 5.95. The third kappa shape index (κ3) is 3.16. The Labute approximate surface area is 102 Å². The molecule has 2 unspecified atom stereocenters. The summed E-state index contributed by atoms with van der Waals surface area (Å²) in [5.41, 5.74) is 0. The van der Waals surface area contributed by atoms with Crippen LogP contribution >= 0.6 is 11.8 Å². The van der Waals surface area contributed by atoms with Gasteiger partial charge in [0.25, 0.3) is 0 Å². The molecule has 2 aliphatic carbocycles. The zero-order valence-electron chi connectivity index (χ0n) is 9.86. The van der Waals surface area contributed by atoms with Gasteiger partial charge in [-0.15, -0.1) is 0 Å². The molecule has 16 heavy (non-hydrogen) atoms. The van der Waals surface area contributed by atoms with Gasteiger partial charge < -0.3 is 5.11 Å². The minimum atomic E-state index is -0.562. The van der Waals surface area contributed by atoms with Gasteiger partial charge in [-0.25, -0.2) is 0 Å². The summed E-state index contributed by atoms with van der Waals surface area (Å²) in [4.78, 5) is 11.2. The van der Waals surface area contributed by atoms with Gasteiger partial charge in [0.05, 0.1) is 5.92 Å². The molecule has 3 heteroatoms. The van der Waals surface area contributed by atoms with Gasteiger partial charge in [-0.05, 0) is 25.7 Å². The Balaban J connectivity index is 1.87. The van der Waals surface area contributed by atoms with Crippen LogP contribution in [0, 0.1) is 5.92 Å². The van der Waals surface area contributed by atoms with Crippen molar-refractivity contribution in [2.24, 2.45) is 5.92 Å². The van der Waals surface area contributed by atoms with Crippen LogP contribution in [0.15, 0.2) is 0 Å². The first-order valence-corrected chi connectivity index (χ1v) is 7.60. The normalized spacial score (nSPS) is 32.5. The van der Waals surface area contributed by atoms with Crippen molar-refractivity contribution in [3.8, 4) is 0 Å². The zero-order chi connectivity index (χ0) is 11.4. The van der Waals surface area contributed by atoms with E-state index >= 15 is 0 Å². The topological polar surface area (TPSA) is 37.3 Å². The molecule has 0 amide bonds. The molecule has 0 aromatic heterocycles. The van der Waals surface area contributed by atoms with Gasteiger partial charge in [0.1, 0.15) is 0 Å². The Hall–Kier alpha value is -0.180. The van der Waals surface area contributed by atoms with Gasteiger partial charge in [-0.1, -0.05) is 32.1 Å². The number of carboxylic acids is 1. The minimum absolute atomic E-state index is 0.0688. The summed E-state index contributed by atoms with van der Waals surface area (Å²) in [6.45, 7) is 0. The Morgan fingerprint density at radius 1 is 0.938 bits per heavy atom. The van der Waals surface area contributed by atoms with Crippen LogP contribution in [0.5, 0.6) is 0 Å². The molecule has 1 N–H and O–H groups in total. The van der Waals surface area contributed by atoms with Crippen molar-refractivity contribution in [3.63, 3.8) is 0 Å². The van der Waals surface area contributed by atoms with E-state index in [4.69, 9.17) is 0 Å². The summed E-state index contributed by atoms with van der Waals surface area (Å²) in [5.74, 6) is -0.631. The number of thioether (sulfide) groups is 1. The lowest BCUT2D eigenvalue weighted by molar-refractivity contribution is -0.142. The molecule has 0 aromatic carbocycles. The maximum atomic E-state index is 11.2. The zero-order valence-corrected chi connectivity index (χ0v) is 10.7. The number of hydrogen-bond donors (Lipinski definition) is 1. The average Bonchev–Trinajstić information content (AvgIpc) is 2.31. The van der Waals surface area contributed by atoms with Crippen LogP contribution in [0.4, 0.5) is 0 Å². The van der Waals surface area contributed by atoms with Crippen molar-refractivity contribution in [1.82, 2.24) is 0 Å². The summed E-state index contributed by atoms with van der Waals surface area (Å²) in [5, 5.41) is 10.4.